The summed E-state index contributed by atoms with van der Waals surface area (Å²) in [4.78, 5) is 21.3. The second-order valence-corrected chi connectivity index (χ2v) is 2.09. The molecule has 0 spiro atoms. The number of esters is 1. The highest BCUT2D eigenvalue weighted by Gasteiger charge is 2.06. The van der Waals surface area contributed by atoms with E-state index in [0.29, 0.717) is 6.61 Å². The van der Waals surface area contributed by atoms with Crippen LogP contribution in [-0.4, -0.2) is 24.9 Å². The lowest BCUT2D eigenvalue weighted by atomic mass is 10.2. The monoisotopic (exact) mass is 160 g/mol. The first-order valence-electron chi connectivity index (χ1n) is 3.67. The standard InChI is InChI=1S/C7H13NO3/c1-2-11-7(10)4-3-6(9)5-8/h2-5,8H2,1H3/p+1. The third-order valence-corrected chi connectivity index (χ3v) is 1.19. The van der Waals surface area contributed by atoms with Crippen LogP contribution in [0.1, 0.15) is 19.8 Å². The fraction of sp³-hybridized carbons (Fsp3) is 0.714. The molecule has 0 aliphatic rings. The molecule has 4 nitrogen and oxygen atoms in total. The highest BCUT2D eigenvalue weighted by Crippen LogP contribution is 1.92. The van der Waals surface area contributed by atoms with E-state index >= 15 is 0 Å². The summed E-state index contributed by atoms with van der Waals surface area (Å²) in [6, 6.07) is 0. The Morgan fingerprint density at radius 3 is 2.45 bits per heavy atom. The van der Waals surface area contributed by atoms with Gasteiger partial charge in [-0.25, -0.2) is 0 Å². The van der Waals surface area contributed by atoms with Crippen molar-refractivity contribution in [2.24, 2.45) is 0 Å². The molecule has 3 N–H and O–H groups in total. The molecular weight excluding hydrogens is 146 g/mol. The average Bonchev–Trinajstić information content (AvgIpc) is 2.01. The quantitative estimate of drug-likeness (QED) is 0.532. The van der Waals surface area contributed by atoms with Crippen molar-refractivity contribution in [2.75, 3.05) is 13.2 Å². The molecule has 0 rings (SSSR count). The first kappa shape index (κ1) is 10.1. The summed E-state index contributed by atoms with van der Waals surface area (Å²) < 4.78 is 4.63. The van der Waals surface area contributed by atoms with Crippen LogP contribution in [0.2, 0.25) is 0 Å². The molecule has 0 fully saturated rings. The summed E-state index contributed by atoms with van der Waals surface area (Å²) >= 11 is 0. The smallest absolute Gasteiger partial charge is 0.306 e. The highest BCUT2D eigenvalue weighted by atomic mass is 16.5. The van der Waals surface area contributed by atoms with Gasteiger partial charge in [-0.2, -0.15) is 0 Å². The molecule has 0 aromatic rings. The summed E-state index contributed by atoms with van der Waals surface area (Å²) in [5.41, 5.74) is 3.41. The molecule has 64 valence electrons. The molecule has 0 heterocycles. The zero-order valence-electron chi connectivity index (χ0n) is 6.76. The predicted octanol–water partition coefficient (Wildman–Crippen LogP) is -0.859. The van der Waals surface area contributed by atoms with E-state index in [1.807, 2.05) is 0 Å². The van der Waals surface area contributed by atoms with Crippen LogP contribution in [0.25, 0.3) is 0 Å². The Labute approximate surface area is 65.7 Å². The fourth-order valence-electron chi connectivity index (χ4n) is 0.600. The lowest BCUT2D eigenvalue weighted by Gasteiger charge is -1.98. The van der Waals surface area contributed by atoms with Crippen LogP contribution in [0.4, 0.5) is 0 Å². The first-order valence-corrected chi connectivity index (χ1v) is 3.67. The summed E-state index contributed by atoms with van der Waals surface area (Å²) in [6.45, 7) is 2.36. The van der Waals surface area contributed by atoms with E-state index in [1.54, 1.807) is 6.92 Å². The lowest BCUT2D eigenvalue weighted by molar-refractivity contribution is -0.354. The molecule has 0 aliphatic heterocycles. The Morgan fingerprint density at radius 1 is 1.36 bits per heavy atom. The third-order valence-electron chi connectivity index (χ3n) is 1.19. The summed E-state index contributed by atoms with van der Waals surface area (Å²) in [7, 11) is 0. The van der Waals surface area contributed by atoms with Crippen molar-refractivity contribution in [3.05, 3.63) is 0 Å². The summed E-state index contributed by atoms with van der Waals surface area (Å²) in [5.74, 6) is -0.313. The van der Waals surface area contributed by atoms with Crippen LogP contribution < -0.4 is 5.73 Å². The van der Waals surface area contributed by atoms with Gasteiger partial charge >= 0.3 is 5.97 Å². The molecule has 0 aromatic carbocycles. The van der Waals surface area contributed by atoms with E-state index in [2.05, 4.69) is 10.5 Å². The van der Waals surface area contributed by atoms with E-state index in [1.165, 1.54) is 0 Å². The lowest BCUT2D eigenvalue weighted by Crippen LogP contribution is -2.54. The first-order chi connectivity index (χ1) is 5.20. The van der Waals surface area contributed by atoms with Crippen molar-refractivity contribution in [1.29, 1.82) is 0 Å². The molecule has 0 unspecified atom stereocenters. The van der Waals surface area contributed by atoms with Crippen molar-refractivity contribution in [3.8, 4) is 0 Å². The van der Waals surface area contributed by atoms with Gasteiger partial charge in [-0.05, 0) is 6.92 Å². The molecule has 0 atom stereocenters. The molecule has 0 aromatic heterocycles. The van der Waals surface area contributed by atoms with Gasteiger partial charge in [-0.15, -0.1) is 0 Å². The largest absolute Gasteiger partial charge is 0.466 e. The maximum Gasteiger partial charge on any atom is 0.306 e. The van der Waals surface area contributed by atoms with Gasteiger partial charge in [0.05, 0.1) is 13.0 Å². The van der Waals surface area contributed by atoms with Gasteiger partial charge in [0.25, 0.3) is 0 Å². The number of hydrogen-bond acceptors (Lipinski definition) is 3. The molecule has 4 heteroatoms. The second-order valence-electron chi connectivity index (χ2n) is 2.09. The predicted molar refractivity (Wildman–Crippen MR) is 38.6 cm³/mol. The minimum atomic E-state index is -0.311. The van der Waals surface area contributed by atoms with Crippen molar-refractivity contribution in [3.63, 3.8) is 0 Å². The van der Waals surface area contributed by atoms with E-state index in [4.69, 9.17) is 0 Å². The van der Waals surface area contributed by atoms with Crippen LogP contribution in [-0.2, 0) is 14.3 Å². The fourth-order valence-corrected chi connectivity index (χ4v) is 0.600. The number of ether oxygens (including phenoxy) is 1. The van der Waals surface area contributed by atoms with E-state index in [0.717, 1.165) is 0 Å². The Morgan fingerprint density at radius 2 is 2.00 bits per heavy atom. The van der Waals surface area contributed by atoms with Crippen molar-refractivity contribution >= 4 is 11.8 Å². The zero-order chi connectivity index (χ0) is 8.69. The van der Waals surface area contributed by atoms with Gasteiger partial charge in [-0.1, -0.05) is 0 Å². The van der Waals surface area contributed by atoms with E-state index in [-0.39, 0.29) is 31.1 Å². The number of carbonyl (C=O) groups is 2. The van der Waals surface area contributed by atoms with Crippen molar-refractivity contribution in [2.45, 2.75) is 19.8 Å². The number of carbonyl (C=O) groups excluding carboxylic acids is 2. The Kier molecular flexibility index (Phi) is 5.37. The number of ketones is 1. The summed E-state index contributed by atoms with van der Waals surface area (Å²) in [5, 5.41) is 0. The molecule has 0 amide bonds. The van der Waals surface area contributed by atoms with Crippen LogP contribution in [0.15, 0.2) is 0 Å². The average molecular weight is 160 g/mol. The SMILES string of the molecule is CCOC(=O)CCC(=O)C[NH3+]. The third kappa shape index (κ3) is 5.54. The minimum Gasteiger partial charge on any atom is -0.466 e. The second kappa shape index (κ2) is 5.85. The van der Waals surface area contributed by atoms with Crippen LogP contribution in [0.3, 0.4) is 0 Å². The molecule has 11 heavy (non-hydrogen) atoms. The van der Waals surface area contributed by atoms with E-state index < -0.39 is 0 Å². The van der Waals surface area contributed by atoms with Gasteiger partial charge in [-0.3, -0.25) is 9.59 Å². The summed E-state index contributed by atoms with van der Waals surface area (Å²) in [6.07, 6.45) is 0.435. The minimum absolute atomic E-state index is 0.00180. The molecule has 0 aliphatic carbocycles. The number of Topliss-reactive ketones (excluding diaryl/α,β-unsaturated/α-hetero) is 1. The number of quaternary nitrogens is 1. The van der Waals surface area contributed by atoms with Gasteiger partial charge < -0.3 is 10.5 Å². The van der Waals surface area contributed by atoms with Gasteiger partial charge in [0, 0.05) is 6.42 Å². The maximum atomic E-state index is 10.7. The highest BCUT2D eigenvalue weighted by molar-refractivity contribution is 5.83. The van der Waals surface area contributed by atoms with E-state index in [9.17, 15) is 9.59 Å². The molecular formula is C7H14NO3+. The molecule has 0 saturated carbocycles. The molecule has 0 bridgehead atoms. The van der Waals surface area contributed by atoms with Gasteiger partial charge in [0.2, 0.25) is 0 Å². The van der Waals surface area contributed by atoms with Crippen LogP contribution in [0, 0.1) is 0 Å². The van der Waals surface area contributed by atoms with Gasteiger partial charge in [0.15, 0.2) is 5.78 Å². The maximum absolute atomic E-state index is 10.7. The zero-order valence-corrected chi connectivity index (χ0v) is 6.76. The van der Waals surface area contributed by atoms with Crippen LogP contribution >= 0.6 is 0 Å². The molecule has 0 radical (unpaired) electrons. The van der Waals surface area contributed by atoms with Gasteiger partial charge in [0.1, 0.15) is 6.54 Å². The number of hydrogen-bond donors (Lipinski definition) is 1. The normalized spacial score (nSPS) is 9.27. The van der Waals surface area contributed by atoms with Crippen molar-refractivity contribution in [1.82, 2.24) is 0 Å². The topological polar surface area (TPSA) is 71.0 Å². The number of rotatable bonds is 5. The van der Waals surface area contributed by atoms with Crippen LogP contribution in [0.5, 0.6) is 0 Å². The Hall–Kier alpha value is -0.900. The Bertz CT molecular complexity index is 145. The van der Waals surface area contributed by atoms with Crippen molar-refractivity contribution < 1.29 is 20.1 Å². The molecule has 0 saturated heterocycles. The Balaban J connectivity index is 3.38.